The van der Waals surface area contributed by atoms with Crippen molar-refractivity contribution in [2.24, 2.45) is 0 Å². The number of imidazole rings is 2. The van der Waals surface area contributed by atoms with Crippen molar-refractivity contribution in [1.82, 2.24) is 23.9 Å². The molecule has 108 valence electrons. The van der Waals surface area contributed by atoms with Crippen LogP contribution in [0, 0.1) is 6.92 Å². The Hall–Kier alpha value is -2.69. The summed E-state index contributed by atoms with van der Waals surface area (Å²) in [6.07, 6.45) is 7.73. The number of nitrogens with zero attached hydrogens (tertiary/aromatic N) is 5. The van der Waals surface area contributed by atoms with Crippen molar-refractivity contribution in [1.29, 1.82) is 0 Å². The molecule has 5 rings (SSSR count). The summed E-state index contributed by atoms with van der Waals surface area (Å²) in [6.45, 7) is 6.57. The quantitative estimate of drug-likeness (QED) is 0.499. The van der Waals surface area contributed by atoms with Crippen molar-refractivity contribution in [3.8, 4) is 11.4 Å². The molecule has 0 saturated heterocycles. The van der Waals surface area contributed by atoms with Gasteiger partial charge >= 0.3 is 0 Å². The summed E-state index contributed by atoms with van der Waals surface area (Å²) in [5, 5.41) is 1.19. The molecule has 3 aromatic heterocycles. The maximum absolute atomic E-state index is 4.72. The van der Waals surface area contributed by atoms with E-state index in [0.717, 1.165) is 17.1 Å². The molecular weight excluding hydrogens is 274 g/mol. The van der Waals surface area contributed by atoms with Gasteiger partial charge in [-0.25, -0.2) is 15.0 Å². The molecular formula is C17H15N5. The zero-order valence-corrected chi connectivity index (χ0v) is 12.7. The molecule has 22 heavy (non-hydrogen) atoms. The lowest BCUT2D eigenvalue weighted by atomic mass is 9.87. The van der Waals surface area contributed by atoms with Crippen LogP contribution in [0.15, 0.2) is 36.9 Å². The number of aryl methyl sites for hydroxylation is 1. The maximum Gasteiger partial charge on any atom is 0.234 e. The van der Waals surface area contributed by atoms with Crippen LogP contribution in [-0.4, -0.2) is 23.9 Å². The van der Waals surface area contributed by atoms with E-state index < -0.39 is 0 Å². The predicted molar refractivity (Wildman–Crippen MR) is 84.9 cm³/mol. The third-order valence-corrected chi connectivity index (χ3v) is 4.76. The summed E-state index contributed by atoms with van der Waals surface area (Å²) in [6, 6.07) is 4.20. The molecule has 0 atom stereocenters. The van der Waals surface area contributed by atoms with Gasteiger partial charge in [0.05, 0.1) is 16.7 Å². The van der Waals surface area contributed by atoms with E-state index in [0.29, 0.717) is 0 Å². The standard InChI is InChI=1S/C17H15N5/c1-10-4-5-11-13-12(10)15-18-7-9-22(15)17(2,3)14(13)21-8-6-19-16(21)20-11/h4-9H,1-3H3. The smallest absolute Gasteiger partial charge is 0.234 e. The second-order valence-electron chi connectivity index (χ2n) is 6.39. The average Bonchev–Trinajstić information content (AvgIpc) is 3.12. The van der Waals surface area contributed by atoms with Crippen molar-refractivity contribution in [2.45, 2.75) is 26.3 Å². The second-order valence-corrected chi connectivity index (χ2v) is 6.39. The molecule has 0 aliphatic carbocycles. The number of rotatable bonds is 0. The van der Waals surface area contributed by atoms with Gasteiger partial charge in [0.2, 0.25) is 5.78 Å². The van der Waals surface area contributed by atoms with E-state index in [-0.39, 0.29) is 5.54 Å². The molecule has 0 saturated carbocycles. The molecule has 5 heteroatoms. The first-order chi connectivity index (χ1) is 10.6. The Kier molecular flexibility index (Phi) is 1.92. The van der Waals surface area contributed by atoms with Crippen molar-refractivity contribution in [2.75, 3.05) is 0 Å². The first-order valence-corrected chi connectivity index (χ1v) is 7.40. The SMILES string of the molecule is Cc1ccc2nc3nccn3c3c2c1-c1nccn1C3(C)C. The minimum Gasteiger partial charge on any atom is -0.320 e. The summed E-state index contributed by atoms with van der Waals surface area (Å²) in [5.41, 5.74) is 4.39. The van der Waals surface area contributed by atoms with Crippen LogP contribution in [0.1, 0.15) is 25.1 Å². The highest BCUT2D eigenvalue weighted by molar-refractivity contribution is 5.99. The highest BCUT2D eigenvalue weighted by Gasteiger charge is 2.36. The van der Waals surface area contributed by atoms with E-state index in [2.05, 4.69) is 58.0 Å². The van der Waals surface area contributed by atoms with Gasteiger partial charge in [0.1, 0.15) is 5.82 Å². The highest BCUT2D eigenvalue weighted by Crippen LogP contribution is 2.44. The fraction of sp³-hybridized carbons (Fsp3) is 0.235. The number of benzene rings is 1. The topological polar surface area (TPSA) is 48.0 Å². The van der Waals surface area contributed by atoms with Gasteiger partial charge in [0, 0.05) is 35.7 Å². The summed E-state index contributed by atoms with van der Waals surface area (Å²) >= 11 is 0. The summed E-state index contributed by atoms with van der Waals surface area (Å²) < 4.78 is 4.35. The van der Waals surface area contributed by atoms with E-state index in [9.17, 15) is 0 Å². The second kappa shape index (κ2) is 3.55. The molecule has 1 aliphatic heterocycles. The van der Waals surface area contributed by atoms with Crippen molar-refractivity contribution in [3.63, 3.8) is 0 Å². The fourth-order valence-corrected chi connectivity index (χ4v) is 3.75. The molecule has 0 amide bonds. The van der Waals surface area contributed by atoms with Gasteiger partial charge in [-0.05, 0) is 32.4 Å². The van der Waals surface area contributed by atoms with Crippen molar-refractivity contribution >= 4 is 16.7 Å². The first kappa shape index (κ1) is 11.9. The Morgan fingerprint density at radius 3 is 2.73 bits per heavy atom. The van der Waals surface area contributed by atoms with E-state index in [1.165, 1.54) is 22.2 Å². The fourth-order valence-electron chi connectivity index (χ4n) is 3.75. The third-order valence-electron chi connectivity index (χ3n) is 4.76. The van der Waals surface area contributed by atoms with Crippen LogP contribution in [-0.2, 0) is 5.54 Å². The van der Waals surface area contributed by atoms with Crippen LogP contribution < -0.4 is 0 Å². The van der Waals surface area contributed by atoms with Gasteiger partial charge in [-0.3, -0.25) is 4.40 Å². The Bertz CT molecular complexity index is 1070. The van der Waals surface area contributed by atoms with Gasteiger partial charge in [-0.15, -0.1) is 0 Å². The Labute approximate surface area is 127 Å². The van der Waals surface area contributed by atoms with Crippen LogP contribution in [0.5, 0.6) is 0 Å². The zero-order chi connectivity index (χ0) is 15.1. The van der Waals surface area contributed by atoms with Gasteiger partial charge in [-0.1, -0.05) is 6.07 Å². The first-order valence-electron chi connectivity index (χ1n) is 7.40. The molecule has 0 radical (unpaired) electrons. The average molecular weight is 289 g/mol. The lowest BCUT2D eigenvalue weighted by Crippen LogP contribution is -2.33. The largest absolute Gasteiger partial charge is 0.320 e. The number of fused-ring (bicyclic) bond motifs is 4. The molecule has 0 unspecified atom stereocenters. The summed E-state index contributed by atoms with van der Waals surface area (Å²) in [7, 11) is 0. The molecule has 1 aliphatic rings. The zero-order valence-electron chi connectivity index (χ0n) is 12.7. The molecule has 1 aromatic carbocycles. The molecule has 5 nitrogen and oxygen atoms in total. The van der Waals surface area contributed by atoms with Gasteiger partial charge in [-0.2, -0.15) is 0 Å². The van der Waals surface area contributed by atoms with Crippen LogP contribution in [0.3, 0.4) is 0 Å². The Morgan fingerprint density at radius 1 is 1.05 bits per heavy atom. The molecule has 0 bridgehead atoms. The lowest BCUT2D eigenvalue weighted by molar-refractivity contribution is 0.422. The number of aromatic nitrogens is 5. The van der Waals surface area contributed by atoms with Crippen LogP contribution in [0.4, 0.5) is 0 Å². The van der Waals surface area contributed by atoms with Crippen molar-refractivity contribution < 1.29 is 0 Å². The minimum atomic E-state index is -0.216. The van der Waals surface area contributed by atoms with E-state index in [4.69, 9.17) is 4.98 Å². The summed E-state index contributed by atoms with van der Waals surface area (Å²) in [4.78, 5) is 13.7. The number of hydrogen-bond donors (Lipinski definition) is 0. The molecule has 4 heterocycles. The van der Waals surface area contributed by atoms with E-state index in [1.54, 1.807) is 0 Å². The highest BCUT2D eigenvalue weighted by atomic mass is 15.2. The Balaban J connectivity index is 2.16. The minimum absolute atomic E-state index is 0.216. The molecule has 4 aromatic rings. The molecule has 0 fully saturated rings. The van der Waals surface area contributed by atoms with Crippen LogP contribution >= 0.6 is 0 Å². The van der Waals surface area contributed by atoms with Gasteiger partial charge < -0.3 is 4.57 Å². The Morgan fingerprint density at radius 2 is 1.86 bits per heavy atom. The van der Waals surface area contributed by atoms with Crippen LogP contribution in [0.25, 0.3) is 28.1 Å². The summed E-state index contributed by atoms with van der Waals surface area (Å²) in [5.74, 6) is 1.76. The van der Waals surface area contributed by atoms with E-state index >= 15 is 0 Å². The third kappa shape index (κ3) is 1.19. The van der Waals surface area contributed by atoms with Crippen molar-refractivity contribution in [3.05, 3.63) is 48.2 Å². The van der Waals surface area contributed by atoms with Crippen LogP contribution in [0.2, 0.25) is 0 Å². The predicted octanol–water partition coefficient (Wildman–Crippen LogP) is 3.15. The molecule has 0 N–H and O–H groups in total. The lowest BCUT2D eigenvalue weighted by Gasteiger charge is -2.35. The monoisotopic (exact) mass is 289 g/mol. The normalized spacial score (nSPS) is 15.4. The molecule has 0 spiro atoms. The van der Waals surface area contributed by atoms with Gasteiger partial charge in [0.15, 0.2) is 0 Å². The van der Waals surface area contributed by atoms with E-state index in [1.807, 2.05) is 18.6 Å². The number of hydrogen-bond acceptors (Lipinski definition) is 3. The maximum atomic E-state index is 4.72. The van der Waals surface area contributed by atoms with Gasteiger partial charge in [0.25, 0.3) is 0 Å².